The van der Waals surface area contributed by atoms with Crippen LogP contribution in [0.25, 0.3) is 0 Å². The predicted octanol–water partition coefficient (Wildman–Crippen LogP) is 3.42. The molecule has 0 spiro atoms. The van der Waals surface area contributed by atoms with E-state index in [1.54, 1.807) is 13.8 Å². The van der Waals surface area contributed by atoms with Crippen LogP contribution in [0.15, 0.2) is 72.3 Å². The molecule has 2 aromatic rings. The van der Waals surface area contributed by atoms with Crippen LogP contribution in [0.5, 0.6) is 0 Å². The van der Waals surface area contributed by atoms with Gasteiger partial charge in [0.15, 0.2) is 0 Å². The molecule has 0 unspecified atom stereocenters. The van der Waals surface area contributed by atoms with Gasteiger partial charge in [0.2, 0.25) is 5.91 Å². The van der Waals surface area contributed by atoms with E-state index in [2.05, 4.69) is 69.3 Å². The number of benzene rings is 2. The van der Waals surface area contributed by atoms with Crippen LogP contribution in [0, 0.1) is 0 Å². The average Bonchev–Trinajstić information content (AvgIpc) is 3.53. The molecule has 1 amide bonds. The zero-order chi connectivity index (χ0) is 23.8. The number of fused-ring (bicyclic) bond motifs is 1. The van der Waals surface area contributed by atoms with Crippen molar-refractivity contribution in [2.75, 3.05) is 6.61 Å². The fourth-order valence-electron chi connectivity index (χ4n) is 5.28. The van der Waals surface area contributed by atoms with E-state index in [9.17, 15) is 9.59 Å². The van der Waals surface area contributed by atoms with E-state index in [0.29, 0.717) is 18.6 Å². The highest BCUT2D eigenvalue weighted by molar-refractivity contribution is 6.99. The molecule has 0 saturated carbocycles. The lowest BCUT2D eigenvalue weighted by molar-refractivity contribution is -0.139. The Kier molecular flexibility index (Phi) is 6.34. The van der Waals surface area contributed by atoms with Gasteiger partial charge in [0.25, 0.3) is 8.32 Å². The maximum atomic E-state index is 12.6. The highest BCUT2D eigenvalue weighted by Gasteiger charge is 2.60. The van der Waals surface area contributed by atoms with Crippen molar-refractivity contribution in [2.45, 2.75) is 64.3 Å². The van der Waals surface area contributed by atoms with Gasteiger partial charge in [0, 0.05) is 18.9 Å². The monoisotopic (exact) mass is 463 g/mol. The topological polar surface area (TPSA) is 55.6 Å². The van der Waals surface area contributed by atoms with Gasteiger partial charge in [0.05, 0.1) is 24.8 Å². The van der Waals surface area contributed by atoms with Crippen LogP contribution >= 0.6 is 0 Å². The number of ether oxygens (including phenoxy) is 1. The van der Waals surface area contributed by atoms with Gasteiger partial charge >= 0.3 is 5.97 Å². The Balaban J connectivity index is 1.82. The quantitative estimate of drug-likeness (QED) is 0.374. The minimum Gasteiger partial charge on any atom is -0.463 e. The smallest absolute Gasteiger partial charge is 0.333 e. The molecule has 0 radical (unpaired) electrons. The molecule has 1 heterocycles. The van der Waals surface area contributed by atoms with E-state index in [4.69, 9.17) is 9.16 Å². The first-order valence-corrected chi connectivity index (χ1v) is 13.6. The van der Waals surface area contributed by atoms with E-state index < -0.39 is 8.32 Å². The normalized spacial score (nSPS) is 22.3. The number of hydrogen-bond acceptors (Lipinski definition) is 4. The fraction of sp³-hybridized carbons (Fsp3) is 0.407. The van der Waals surface area contributed by atoms with Crippen LogP contribution in [0.4, 0.5) is 0 Å². The lowest BCUT2D eigenvalue weighted by atomic mass is 9.97. The molecule has 33 heavy (non-hydrogen) atoms. The molecular formula is C27H33NO4Si. The number of carbonyl (C=O) groups is 2. The molecule has 1 saturated heterocycles. The van der Waals surface area contributed by atoms with Crippen LogP contribution in [-0.2, 0) is 18.8 Å². The summed E-state index contributed by atoms with van der Waals surface area (Å²) in [4.78, 5) is 26.8. The second kappa shape index (κ2) is 8.91. The summed E-state index contributed by atoms with van der Waals surface area (Å²) in [6, 6.07) is 20.7. The lowest BCUT2D eigenvalue weighted by Crippen LogP contribution is -2.68. The Labute approximate surface area is 197 Å². The third-order valence-corrected chi connectivity index (χ3v) is 11.8. The predicted molar refractivity (Wildman–Crippen MR) is 132 cm³/mol. The van der Waals surface area contributed by atoms with Crippen LogP contribution in [0.2, 0.25) is 5.04 Å². The van der Waals surface area contributed by atoms with E-state index in [1.807, 2.05) is 23.1 Å². The van der Waals surface area contributed by atoms with Gasteiger partial charge in [-0.15, -0.1) is 0 Å². The third kappa shape index (κ3) is 4.18. The molecule has 0 bridgehead atoms. The number of amides is 1. The van der Waals surface area contributed by atoms with Crippen LogP contribution < -0.4 is 10.4 Å². The molecule has 3 atom stereocenters. The number of rotatable bonds is 6. The first kappa shape index (κ1) is 23.5. The first-order chi connectivity index (χ1) is 15.7. The summed E-state index contributed by atoms with van der Waals surface area (Å²) in [6.45, 7) is 10.4. The highest BCUT2D eigenvalue weighted by atomic mass is 28.4. The van der Waals surface area contributed by atoms with Crippen molar-refractivity contribution in [3.8, 4) is 0 Å². The SMILES string of the molecule is CCOC(=O)C1=C[C@H]2[C@@H]([C@H](O[Si](c3ccccc3)(c3ccccc3)C(C)(C)C)C1)N2C(C)=O. The first-order valence-electron chi connectivity index (χ1n) is 11.7. The zero-order valence-corrected chi connectivity index (χ0v) is 21.1. The molecule has 5 nitrogen and oxygen atoms in total. The molecule has 0 N–H and O–H groups in total. The maximum absolute atomic E-state index is 12.6. The summed E-state index contributed by atoms with van der Waals surface area (Å²) in [6.07, 6.45) is 2.05. The molecule has 2 aliphatic rings. The summed E-state index contributed by atoms with van der Waals surface area (Å²) in [7, 11) is -2.82. The van der Waals surface area contributed by atoms with E-state index in [-0.39, 0.29) is 35.1 Å². The van der Waals surface area contributed by atoms with Gasteiger partial charge in [-0.1, -0.05) is 81.4 Å². The van der Waals surface area contributed by atoms with Crippen LogP contribution in [0.3, 0.4) is 0 Å². The lowest BCUT2D eigenvalue weighted by Gasteiger charge is -2.45. The van der Waals surface area contributed by atoms with Crippen molar-refractivity contribution in [1.29, 1.82) is 0 Å². The third-order valence-electron chi connectivity index (χ3n) is 6.72. The number of hydrogen-bond donors (Lipinski definition) is 0. The number of esters is 1. The number of nitrogens with zero attached hydrogens (tertiary/aromatic N) is 1. The zero-order valence-electron chi connectivity index (χ0n) is 20.1. The Morgan fingerprint density at radius 1 is 1.00 bits per heavy atom. The molecule has 1 fully saturated rings. The van der Waals surface area contributed by atoms with Crippen molar-refractivity contribution in [3.05, 3.63) is 72.3 Å². The Bertz CT molecular complexity index is 1010. The van der Waals surface area contributed by atoms with Gasteiger partial charge in [-0.05, 0) is 28.4 Å². The highest BCUT2D eigenvalue weighted by Crippen LogP contribution is 2.45. The van der Waals surface area contributed by atoms with Crippen LogP contribution in [-0.4, -0.2) is 49.9 Å². The van der Waals surface area contributed by atoms with E-state index in [1.165, 1.54) is 10.4 Å². The van der Waals surface area contributed by atoms with Gasteiger partial charge in [0.1, 0.15) is 0 Å². The Morgan fingerprint density at radius 3 is 2.00 bits per heavy atom. The van der Waals surface area contributed by atoms with Crippen molar-refractivity contribution in [3.63, 3.8) is 0 Å². The van der Waals surface area contributed by atoms with Crippen molar-refractivity contribution in [1.82, 2.24) is 4.90 Å². The Morgan fingerprint density at radius 2 is 1.55 bits per heavy atom. The summed E-state index contributed by atoms with van der Waals surface area (Å²) >= 11 is 0. The van der Waals surface area contributed by atoms with E-state index in [0.717, 1.165) is 0 Å². The molecule has 4 rings (SSSR count). The molecule has 174 valence electrons. The average molecular weight is 464 g/mol. The second-order valence-corrected chi connectivity index (χ2v) is 14.1. The van der Waals surface area contributed by atoms with Gasteiger partial charge in [-0.2, -0.15) is 0 Å². The van der Waals surface area contributed by atoms with Gasteiger partial charge < -0.3 is 14.1 Å². The minimum absolute atomic E-state index is 0.00223. The summed E-state index contributed by atoms with van der Waals surface area (Å²) in [5.41, 5.74) is 0.602. The molecule has 1 aliphatic carbocycles. The fourth-order valence-corrected chi connectivity index (χ4v) is 9.97. The molecule has 0 aromatic heterocycles. The molecule has 1 aliphatic heterocycles. The molecule has 2 aromatic carbocycles. The second-order valence-electron chi connectivity index (χ2n) is 9.84. The summed E-state index contributed by atoms with van der Waals surface area (Å²) in [5, 5.41) is 2.18. The Hall–Kier alpha value is -2.70. The van der Waals surface area contributed by atoms with Gasteiger partial charge in [-0.25, -0.2) is 4.79 Å². The van der Waals surface area contributed by atoms with Crippen molar-refractivity contribution in [2.24, 2.45) is 0 Å². The van der Waals surface area contributed by atoms with E-state index >= 15 is 0 Å². The van der Waals surface area contributed by atoms with Crippen molar-refractivity contribution >= 4 is 30.6 Å². The molecule has 6 heteroatoms. The van der Waals surface area contributed by atoms with Crippen LogP contribution in [0.1, 0.15) is 41.0 Å². The number of carbonyl (C=O) groups excluding carboxylic acids is 2. The maximum Gasteiger partial charge on any atom is 0.333 e. The summed E-state index contributed by atoms with van der Waals surface area (Å²) < 4.78 is 12.6. The molecular weight excluding hydrogens is 430 g/mol. The standard InChI is InChI=1S/C27H33NO4Si/c1-6-31-26(30)20-17-23-25(28(23)19(2)29)24(18-20)32-33(27(3,4)5,21-13-9-7-10-14-21)22-15-11-8-12-16-22/h7-17,23-25H,6,18H2,1-5H3/t23-,24+,25-,28?/m0/s1. The largest absolute Gasteiger partial charge is 0.463 e. The summed E-state index contributed by atoms with van der Waals surface area (Å²) in [5.74, 6) is -0.315. The van der Waals surface area contributed by atoms with Crippen molar-refractivity contribution < 1.29 is 18.8 Å². The minimum atomic E-state index is -2.82. The van der Waals surface area contributed by atoms with Gasteiger partial charge in [-0.3, -0.25) is 4.79 Å².